The Kier molecular flexibility index (Phi) is 4.15. The van der Waals surface area contributed by atoms with Crippen molar-refractivity contribution in [3.63, 3.8) is 0 Å². The van der Waals surface area contributed by atoms with Crippen molar-refractivity contribution < 1.29 is 4.42 Å². The summed E-state index contributed by atoms with van der Waals surface area (Å²) in [6, 6.07) is 12.9. The molecule has 1 aromatic heterocycles. The summed E-state index contributed by atoms with van der Waals surface area (Å²) < 4.78 is 5.90. The zero-order chi connectivity index (χ0) is 13.9. The molecule has 3 rings (SSSR count). The van der Waals surface area contributed by atoms with Crippen molar-refractivity contribution in [1.29, 1.82) is 0 Å². The molecule has 2 heterocycles. The quantitative estimate of drug-likeness (QED) is 0.937. The van der Waals surface area contributed by atoms with Gasteiger partial charge in [-0.1, -0.05) is 29.5 Å². The van der Waals surface area contributed by atoms with Crippen LogP contribution in [-0.2, 0) is 6.54 Å². The summed E-state index contributed by atoms with van der Waals surface area (Å²) in [5, 5.41) is 0.951. The zero-order valence-electron chi connectivity index (χ0n) is 11.7. The summed E-state index contributed by atoms with van der Waals surface area (Å²) in [5.41, 5.74) is 7.20. The summed E-state index contributed by atoms with van der Waals surface area (Å²) in [6.07, 6.45) is 1.09. The van der Waals surface area contributed by atoms with Crippen LogP contribution in [0, 0.1) is 6.92 Å². The van der Waals surface area contributed by atoms with Gasteiger partial charge in [-0.3, -0.25) is 4.90 Å². The predicted octanol–water partition coefficient (Wildman–Crippen LogP) is 3.27. The van der Waals surface area contributed by atoms with E-state index >= 15 is 0 Å². The first-order valence-corrected chi connectivity index (χ1v) is 7.82. The van der Waals surface area contributed by atoms with Crippen LogP contribution in [-0.4, -0.2) is 24.0 Å². The highest BCUT2D eigenvalue weighted by Crippen LogP contribution is 2.29. The Labute approximate surface area is 124 Å². The molecule has 1 saturated heterocycles. The lowest BCUT2D eigenvalue weighted by Gasteiger charge is -2.12. The Morgan fingerprint density at radius 1 is 1.25 bits per heavy atom. The van der Waals surface area contributed by atoms with Gasteiger partial charge in [-0.05, 0) is 37.6 Å². The van der Waals surface area contributed by atoms with Crippen molar-refractivity contribution in [3.05, 3.63) is 47.7 Å². The van der Waals surface area contributed by atoms with Crippen molar-refractivity contribution in [1.82, 2.24) is 4.90 Å². The third-order valence-corrected chi connectivity index (χ3v) is 4.49. The second-order valence-corrected chi connectivity index (χ2v) is 6.50. The molecule has 0 saturated carbocycles. The Morgan fingerprint density at radius 3 is 2.75 bits per heavy atom. The monoisotopic (exact) mass is 288 g/mol. The minimum atomic E-state index is 0.325. The fourth-order valence-corrected chi connectivity index (χ4v) is 3.24. The van der Waals surface area contributed by atoms with Crippen LogP contribution in [0.25, 0.3) is 0 Å². The van der Waals surface area contributed by atoms with E-state index in [9.17, 15) is 0 Å². The second-order valence-electron chi connectivity index (χ2n) is 5.42. The smallest absolute Gasteiger partial charge is 0.165 e. The average molecular weight is 288 g/mol. The van der Waals surface area contributed by atoms with Gasteiger partial charge in [0.2, 0.25) is 0 Å². The lowest BCUT2D eigenvalue weighted by molar-refractivity contribution is 0.283. The van der Waals surface area contributed by atoms with Crippen LogP contribution in [0.5, 0.6) is 0 Å². The van der Waals surface area contributed by atoms with E-state index in [0.717, 1.165) is 36.9 Å². The number of aryl methyl sites for hydroxylation is 1. The minimum absolute atomic E-state index is 0.325. The molecule has 3 nitrogen and oxygen atoms in total. The normalized spacial score (nSPS) is 19.6. The van der Waals surface area contributed by atoms with Crippen LogP contribution in [0.15, 0.2) is 50.8 Å². The molecule has 1 fully saturated rings. The van der Waals surface area contributed by atoms with Gasteiger partial charge in [-0.15, -0.1) is 0 Å². The van der Waals surface area contributed by atoms with E-state index in [1.807, 2.05) is 0 Å². The van der Waals surface area contributed by atoms with Crippen LogP contribution in [0.4, 0.5) is 0 Å². The molecular weight excluding hydrogens is 268 g/mol. The van der Waals surface area contributed by atoms with Crippen molar-refractivity contribution in [3.8, 4) is 0 Å². The topological polar surface area (TPSA) is 42.4 Å². The molecule has 4 heteroatoms. The van der Waals surface area contributed by atoms with Gasteiger partial charge in [-0.2, -0.15) is 0 Å². The SMILES string of the molecule is Cc1ccc(Sc2ccc(CN3CCC(N)C3)o2)cc1. The summed E-state index contributed by atoms with van der Waals surface area (Å²) >= 11 is 1.67. The number of benzene rings is 1. The molecule has 20 heavy (non-hydrogen) atoms. The Hall–Kier alpha value is -1.23. The molecule has 0 radical (unpaired) electrons. The van der Waals surface area contributed by atoms with Gasteiger partial charge in [0.15, 0.2) is 5.09 Å². The molecular formula is C16H20N2OS. The maximum atomic E-state index is 5.92. The fraction of sp³-hybridized carbons (Fsp3) is 0.375. The van der Waals surface area contributed by atoms with E-state index in [1.54, 1.807) is 11.8 Å². The van der Waals surface area contributed by atoms with E-state index in [2.05, 4.69) is 48.2 Å². The number of nitrogens with two attached hydrogens (primary N) is 1. The summed E-state index contributed by atoms with van der Waals surface area (Å²) in [7, 11) is 0. The largest absolute Gasteiger partial charge is 0.453 e. The fourth-order valence-electron chi connectivity index (χ4n) is 2.45. The molecule has 0 spiro atoms. The standard InChI is InChI=1S/C16H20N2OS/c1-12-2-5-15(6-3-12)20-16-7-4-14(19-16)11-18-9-8-13(17)10-18/h2-7,13H,8-11,17H2,1H3. The van der Waals surface area contributed by atoms with E-state index in [0.29, 0.717) is 6.04 Å². The van der Waals surface area contributed by atoms with Crippen LogP contribution >= 0.6 is 11.8 Å². The molecule has 2 aromatic rings. The van der Waals surface area contributed by atoms with Gasteiger partial charge in [0.1, 0.15) is 5.76 Å². The van der Waals surface area contributed by atoms with Crippen LogP contribution in [0.2, 0.25) is 0 Å². The lowest BCUT2D eigenvalue weighted by atomic mass is 10.2. The molecule has 2 N–H and O–H groups in total. The van der Waals surface area contributed by atoms with E-state index in [4.69, 9.17) is 10.2 Å². The van der Waals surface area contributed by atoms with Gasteiger partial charge in [0.05, 0.1) is 6.54 Å². The number of hydrogen-bond acceptors (Lipinski definition) is 4. The van der Waals surface area contributed by atoms with Crippen LogP contribution in [0.3, 0.4) is 0 Å². The maximum Gasteiger partial charge on any atom is 0.165 e. The number of hydrogen-bond donors (Lipinski definition) is 1. The van der Waals surface area contributed by atoms with Crippen molar-refractivity contribution in [2.75, 3.05) is 13.1 Å². The second kappa shape index (κ2) is 6.04. The highest BCUT2D eigenvalue weighted by Gasteiger charge is 2.20. The van der Waals surface area contributed by atoms with E-state index in [1.165, 1.54) is 10.5 Å². The molecule has 0 bridgehead atoms. The summed E-state index contributed by atoms with van der Waals surface area (Å²) in [5.74, 6) is 1.02. The van der Waals surface area contributed by atoms with Crippen molar-refractivity contribution >= 4 is 11.8 Å². The van der Waals surface area contributed by atoms with E-state index < -0.39 is 0 Å². The van der Waals surface area contributed by atoms with Crippen molar-refractivity contribution in [2.24, 2.45) is 5.73 Å². The lowest BCUT2D eigenvalue weighted by Crippen LogP contribution is -2.26. The average Bonchev–Trinajstić information content (AvgIpc) is 3.02. The Morgan fingerprint density at radius 2 is 2.05 bits per heavy atom. The van der Waals surface area contributed by atoms with Gasteiger partial charge in [0.25, 0.3) is 0 Å². The molecule has 1 aliphatic rings. The number of nitrogens with zero attached hydrogens (tertiary/aromatic N) is 1. The minimum Gasteiger partial charge on any atom is -0.453 e. The number of rotatable bonds is 4. The third kappa shape index (κ3) is 3.45. The third-order valence-electron chi connectivity index (χ3n) is 3.56. The van der Waals surface area contributed by atoms with Gasteiger partial charge in [0, 0.05) is 24.0 Å². The number of likely N-dealkylation sites (tertiary alicyclic amines) is 1. The van der Waals surface area contributed by atoms with E-state index in [-0.39, 0.29) is 0 Å². The first kappa shape index (κ1) is 13.7. The van der Waals surface area contributed by atoms with Crippen LogP contribution in [0.1, 0.15) is 17.7 Å². The molecule has 0 aliphatic carbocycles. The molecule has 106 valence electrons. The zero-order valence-corrected chi connectivity index (χ0v) is 12.5. The van der Waals surface area contributed by atoms with Gasteiger partial charge >= 0.3 is 0 Å². The first-order valence-electron chi connectivity index (χ1n) is 7.00. The maximum absolute atomic E-state index is 5.92. The molecule has 0 amide bonds. The molecule has 1 atom stereocenters. The molecule has 1 aromatic carbocycles. The molecule has 1 aliphatic heterocycles. The highest BCUT2D eigenvalue weighted by atomic mass is 32.2. The van der Waals surface area contributed by atoms with Crippen molar-refractivity contribution in [2.45, 2.75) is 35.9 Å². The first-order chi connectivity index (χ1) is 9.69. The summed E-state index contributed by atoms with van der Waals surface area (Å²) in [4.78, 5) is 3.56. The Bertz CT molecular complexity index is 564. The highest BCUT2D eigenvalue weighted by molar-refractivity contribution is 7.99. The van der Waals surface area contributed by atoms with Gasteiger partial charge < -0.3 is 10.2 Å². The Balaban J connectivity index is 1.60. The summed E-state index contributed by atoms with van der Waals surface area (Å²) in [6.45, 7) is 5.01. The predicted molar refractivity (Wildman–Crippen MR) is 81.9 cm³/mol. The van der Waals surface area contributed by atoms with Gasteiger partial charge in [-0.25, -0.2) is 0 Å². The molecule has 1 unspecified atom stereocenters. The van der Waals surface area contributed by atoms with Crippen LogP contribution < -0.4 is 5.73 Å². The number of furan rings is 1.